The second-order valence-corrected chi connectivity index (χ2v) is 2.56. The molecule has 6 nitrogen and oxygen atoms in total. The van der Waals surface area contributed by atoms with E-state index in [0.717, 1.165) is 5.01 Å². The molecule has 1 aromatic rings. The molecule has 0 aliphatic carbocycles. The van der Waals surface area contributed by atoms with E-state index < -0.39 is 6.03 Å². The first kappa shape index (κ1) is 10.1. The zero-order valence-corrected chi connectivity index (χ0v) is 7.60. The number of rotatable bonds is 2. The topological polar surface area (TPSA) is 102 Å². The number of methoxy groups -OCH3 is 1. The van der Waals surface area contributed by atoms with Gasteiger partial charge in [0, 0.05) is 6.07 Å². The number of primary amides is 1. The molecular weight excluding hydrogens is 186 g/mol. The van der Waals surface area contributed by atoms with Crippen LogP contribution in [0.15, 0.2) is 18.2 Å². The SMILES string of the molecule is COc1ccc(N(N)C(N)=O)cc1O. The summed E-state index contributed by atoms with van der Waals surface area (Å²) in [6.07, 6.45) is 0. The number of nitrogens with zero attached hydrogens (tertiary/aromatic N) is 1. The van der Waals surface area contributed by atoms with Crippen LogP contribution in [0.3, 0.4) is 0 Å². The number of anilines is 1. The van der Waals surface area contributed by atoms with Crippen LogP contribution in [-0.4, -0.2) is 18.2 Å². The van der Waals surface area contributed by atoms with E-state index in [1.165, 1.54) is 25.3 Å². The number of ether oxygens (including phenoxy) is 1. The second-order valence-electron chi connectivity index (χ2n) is 2.56. The number of aromatic hydroxyl groups is 1. The van der Waals surface area contributed by atoms with Crippen LogP contribution in [0.25, 0.3) is 0 Å². The maximum absolute atomic E-state index is 10.7. The van der Waals surface area contributed by atoms with E-state index in [9.17, 15) is 9.90 Å². The second kappa shape index (κ2) is 3.84. The zero-order chi connectivity index (χ0) is 10.7. The minimum absolute atomic E-state index is 0.110. The Morgan fingerprint density at radius 1 is 1.57 bits per heavy atom. The third-order valence-electron chi connectivity index (χ3n) is 1.68. The summed E-state index contributed by atoms with van der Waals surface area (Å²) in [6.45, 7) is 0. The lowest BCUT2D eigenvalue weighted by atomic mass is 10.2. The van der Waals surface area contributed by atoms with Gasteiger partial charge in [0.2, 0.25) is 0 Å². The fourth-order valence-electron chi connectivity index (χ4n) is 0.955. The fourth-order valence-corrected chi connectivity index (χ4v) is 0.955. The molecular formula is C8H11N3O3. The monoisotopic (exact) mass is 197 g/mol. The largest absolute Gasteiger partial charge is 0.504 e. The molecule has 0 aliphatic rings. The van der Waals surface area contributed by atoms with E-state index in [1.54, 1.807) is 0 Å². The lowest BCUT2D eigenvalue weighted by Crippen LogP contribution is -2.41. The van der Waals surface area contributed by atoms with Crippen LogP contribution in [0.5, 0.6) is 11.5 Å². The van der Waals surface area contributed by atoms with Gasteiger partial charge in [-0.1, -0.05) is 0 Å². The van der Waals surface area contributed by atoms with Gasteiger partial charge in [-0.3, -0.25) is 0 Å². The van der Waals surface area contributed by atoms with E-state index in [-0.39, 0.29) is 11.4 Å². The number of nitrogens with two attached hydrogens (primary N) is 2. The van der Waals surface area contributed by atoms with Gasteiger partial charge in [-0.25, -0.2) is 15.6 Å². The number of benzene rings is 1. The Kier molecular flexibility index (Phi) is 2.78. The van der Waals surface area contributed by atoms with Crippen LogP contribution in [0.2, 0.25) is 0 Å². The molecule has 0 aliphatic heterocycles. The highest BCUT2D eigenvalue weighted by Crippen LogP contribution is 2.29. The molecule has 1 aromatic carbocycles. The third-order valence-corrected chi connectivity index (χ3v) is 1.68. The Hall–Kier alpha value is -1.95. The van der Waals surface area contributed by atoms with Crippen LogP contribution >= 0.6 is 0 Å². The number of carbonyl (C=O) groups excluding carboxylic acids is 1. The zero-order valence-electron chi connectivity index (χ0n) is 7.60. The molecule has 1 rings (SSSR count). The molecule has 0 spiro atoms. The van der Waals surface area contributed by atoms with E-state index >= 15 is 0 Å². The number of phenols is 1. The van der Waals surface area contributed by atoms with Crippen molar-refractivity contribution in [2.75, 3.05) is 12.1 Å². The number of carbonyl (C=O) groups is 1. The third kappa shape index (κ3) is 1.86. The Balaban J connectivity index is 3.02. The summed E-state index contributed by atoms with van der Waals surface area (Å²) in [5.41, 5.74) is 5.23. The summed E-state index contributed by atoms with van der Waals surface area (Å²) in [6, 6.07) is 3.45. The standard InChI is InChI=1S/C8H11N3O3/c1-14-7-3-2-5(4-6(7)12)11(10)8(9)13/h2-4,12H,10H2,1H3,(H2,9,13). The Bertz CT molecular complexity index is 354. The summed E-state index contributed by atoms with van der Waals surface area (Å²) >= 11 is 0. The van der Waals surface area contributed by atoms with Crippen molar-refractivity contribution in [3.05, 3.63) is 18.2 Å². The van der Waals surface area contributed by atoms with Gasteiger partial charge in [0.25, 0.3) is 0 Å². The summed E-state index contributed by atoms with van der Waals surface area (Å²) in [5.74, 6) is 5.49. The van der Waals surface area contributed by atoms with Crippen molar-refractivity contribution >= 4 is 11.7 Å². The van der Waals surface area contributed by atoms with Crippen molar-refractivity contribution in [2.24, 2.45) is 11.6 Å². The van der Waals surface area contributed by atoms with Gasteiger partial charge in [0.05, 0.1) is 12.8 Å². The molecule has 0 saturated carbocycles. The molecule has 0 radical (unpaired) electrons. The van der Waals surface area contributed by atoms with Crippen molar-refractivity contribution in [1.29, 1.82) is 0 Å². The number of hydrogen-bond acceptors (Lipinski definition) is 4. The average Bonchev–Trinajstić information content (AvgIpc) is 2.16. The number of hydrazine groups is 1. The van der Waals surface area contributed by atoms with Gasteiger partial charge in [0.1, 0.15) is 0 Å². The summed E-state index contributed by atoms with van der Waals surface area (Å²) < 4.78 is 4.81. The molecule has 0 atom stereocenters. The van der Waals surface area contributed by atoms with E-state index in [0.29, 0.717) is 5.75 Å². The fraction of sp³-hybridized carbons (Fsp3) is 0.125. The summed E-state index contributed by atoms with van der Waals surface area (Å²) in [4.78, 5) is 10.7. The van der Waals surface area contributed by atoms with Crippen LogP contribution in [0.1, 0.15) is 0 Å². The van der Waals surface area contributed by atoms with Crippen molar-refractivity contribution in [2.45, 2.75) is 0 Å². The number of urea groups is 1. The van der Waals surface area contributed by atoms with Crippen LogP contribution < -0.4 is 21.3 Å². The highest BCUT2D eigenvalue weighted by atomic mass is 16.5. The summed E-state index contributed by atoms with van der Waals surface area (Å²) in [7, 11) is 1.42. The van der Waals surface area contributed by atoms with Crippen molar-refractivity contribution in [1.82, 2.24) is 0 Å². The van der Waals surface area contributed by atoms with E-state index in [2.05, 4.69) is 0 Å². The highest BCUT2D eigenvalue weighted by molar-refractivity contribution is 5.89. The Morgan fingerprint density at radius 2 is 2.21 bits per heavy atom. The normalized spacial score (nSPS) is 9.57. The molecule has 5 N–H and O–H groups in total. The molecule has 76 valence electrons. The van der Waals surface area contributed by atoms with Crippen LogP contribution in [-0.2, 0) is 0 Å². The van der Waals surface area contributed by atoms with Gasteiger partial charge < -0.3 is 15.6 Å². The molecule has 2 amide bonds. The minimum atomic E-state index is -0.811. The minimum Gasteiger partial charge on any atom is -0.504 e. The molecule has 0 bridgehead atoms. The highest BCUT2D eigenvalue weighted by Gasteiger charge is 2.09. The van der Waals surface area contributed by atoms with Gasteiger partial charge in [-0.15, -0.1) is 0 Å². The predicted octanol–water partition coefficient (Wildman–Crippen LogP) is 0.160. The number of hydrogen-bond donors (Lipinski definition) is 3. The maximum atomic E-state index is 10.7. The van der Waals surface area contributed by atoms with E-state index in [4.69, 9.17) is 16.3 Å². The molecule has 6 heteroatoms. The molecule has 14 heavy (non-hydrogen) atoms. The van der Waals surface area contributed by atoms with Gasteiger partial charge >= 0.3 is 6.03 Å². The lowest BCUT2D eigenvalue weighted by molar-refractivity contribution is 0.254. The predicted molar refractivity (Wildman–Crippen MR) is 50.9 cm³/mol. The van der Waals surface area contributed by atoms with Gasteiger partial charge in [-0.05, 0) is 12.1 Å². The average molecular weight is 197 g/mol. The molecule has 0 heterocycles. The van der Waals surface area contributed by atoms with Crippen molar-refractivity contribution in [3.8, 4) is 11.5 Å². The van der Waals surface area contributed by atoms with E-state index in [1.807, 2.05) is 0 Å². The van der Waals surface area contributed by atoms with Crippen LogP contribution in [0, 0.1) is 0 Å². The van der Waals surface area contributed by atoms with Gasteiger partial charge in [-0.2, -0.15) is 0 Å². The Labute approximate surface area is 80.6 Å². The quantitative estimate of drug-likeness (QED) is 0.357. The van der Waals surface area contributed by atoms with Gasteiger partial charge in [0.15, 0.2) is 11.5 Å². The Morgan fingerprint density at radius 3 is 2.64 bits per heavy atom. The smallest absolute Gasteiger partial charge is 0.333 e. The first-order valence-corrected chi connectivity index (χ1v) is 3.77. The molecule has 0 saturated heterocycles. The summed E-state index contributed by atoms with van der Waals surface area (Å²) in [5, 5.41) is 10.1. The van der Waals surface area contributed by atoms with Crippen molar-refractivity contribution < 1.29 is 14.6 Å². The van der Waals surface area contributed by atoms with Crippen LogP contribution in [0.4, 0.5) is 10.5 Å². The van der Waals surface area contributed by atoms with Crippen molar-refractivity contribution in [3.63, 3.8) is 0 Å². The maximum Gasteiger partial charge on any atom is 0.333 e. The number of phenolic OH excluding ortho intramolecular Hbond substituents is 1. The molecule has 0 fully saturated rings. The molecule has 0 unspecified atom stereocenters. The first-order chi connectivity index (χ1) is 6.56. The molecule has 0 aromatic heterocycles. The lowest BCUT2D eigenvalue weighted by Gasteiger charge is -2.14. The number of amides is 2. The first-order valence-electron chi connectivity index (χ1n) is 3.77.